The zero-order valence-corrected chi connectivity index (χ0v) is 12.1. The van der Waals surface area contributed by atoms with E-state index in [2.05, 4.69) is 15.5 Å². The first-order valence-corrected chi connectivity index (χ1v) is 7.70. The normalized spacial score (nSPS) is 23.2. The lowest BCUT2D eigenvalue weighted by atomic mass is 10.1. The molecular weight excluding hydrogens is 272 g/mol. The number of rotatable bonds is 6. The first-order chi connectivity index (χ1) is 10.2. The summed E-state index contributed by atoms with van der Waals surface area (Å²) in [5.74, 6) is 1.86. The molecule has 116 valence electrons. The number of likely N-dealkylation sites (tertiary alicyclic amines) is 1. The molecule has 1 saturated carbocycles. The monoisotopic (exact) mass is 294 g/mol. The average Bonchev–Trinajstić information content (AvgIpc) is 3.19. The SMILES string of the molecule is O=C(CN1CCC[C@H](O)C1)NCCc1nc(C2CC2)no1. The van der Waals surface area contributed by atoms with E-state index in [9.17, 15) is 9.90 Å². The third-order valence-electron chi connectivity index (χ3n) is 3.94. The van der Waals surface area contributed by atoms with Crippen LogP contribution in [-0.2, 0) is 11.2 Å². The van der Waals surface area contributed by atoms with Gasteiger partial charge < -0.3 is 14.9 Å². The van der Waals surface area contributed by atoms with E-state index in [1.807, 2.05) is 4.90 Å². The Labute approximate surface area is 123 Å². The quantitative estimate of drug-likeness (QED) is 0.771. The van der Waals surface area contributed by atoms with E-state index in [-0.39, 0.29) is 12.0 Å². The highest BCUT2D eigenvalue weighted by atomic mass is 16.5. The summed E-state index contributed by atoms with van der Waals surface area (Å²) in [6.07, 6.45) is 4.34. The summed E-state index contributed by atoms with van der Waals surface area (Å²) in [7, 11) is 0. The predicted molar refractivity (Wildman–Crippen MR) is 74.7 cm³/mol. The number of hydrogen-bond donors (Lipinski definition) is 2. The molecule has 2 fully saturated rings. The van der Waals surface area contributed by atoms with Crippen LogP contribution in [0, 0.1) is 0 Å². The number of nitrogens with zero attached hydrogens (tertiary/aromatic N) is 3. The Morgan fingerprint density at radius 2 is 2.29 bits per heavy atom. The average molecular weight is 294 g/mol. The number of aliphatic hydroxyl groups excluding tert-OH is 1. The van der Waals surface area contributed by atoms with E-state index in [4.69, 9.17) is 4.52 Å². The molecule has 3 rings (SSSR count). The number of amides is 1. The molecule has 2 aliphatic rings. The van der Waals surface area contributed by atoms with Crippen LogP contribution in [0.2, 0.25) is 0 Å². The molecular formula is C14H22N4O3. The summed E-state index contributed by atoms with van der Waals surface area (Å²) >= 11 is 0. The molecule has 1 saturated heterocycles. The second-order valence-corrected chi connectivity index (χ2v) is 5.95. The van der Waals surface area contributed by atoms with E-state index in [1.165, 1.54) is 0 Å². The van der Waals surface area contributed by atoms with Crippen molar-refractivity contribution in [3.63, 3.8) is 0 Å². The second kappa shape index (κ2) is 6.53. The molecule has 1 aliphatic heterocycles. The third kappa shape index (κ3) is 4.25. The summed E-state index contributed by atoms with van der Waals surface area (Å²) < 4.78 is 5.16. The molecule has 1 aromatic rings. The van der Waals surface area contributed by atoms with E-state index >= 15 is 0 Å². The van der Waals surface area contributed by atoms with Crippen molar-refractivity contribution in [3.05, 3.63) is 11.7 Å². The van der Waals surface area contributed by atoms with E-state index < -0.39 is 0 Å². The van der Waals surface area contributed by atoms with Gasteiger partial charge in [-0.25, -0.2) is 0 Å². The molecule has 1 aliphatic carbocycles. The fourth-order valence-corrected chi connectivity index (χ4v) is 2.62. The number of piperidine rings is 1. The van der Waals surface area contributed by atoms with Crippen molar-refractivity contribution in [1.29, 1.82) is 0 Å². The molecule has 1 atom stereocenters. The molecule has 2 N–H and O–H groups in total. The van der Waals surface area contributed by atoms with Crippen molar-refractivity contribution in [2.45, 2.75) is 44.1 Å². The van der Waals surface area contributed by atoms with Gasteiger partial charge in [0.25, 0.3) is 0 Å². The van der Waals surface area contributed by atoms with Crippen molar-refractivity contribution < 1.29 is 14.4 Å². The molecule has 2 heterocycles. The Bertz CT molecular complexity index is 486. The Balaban J connectivity index is 1.35. The van der Waals surface area contributed by atoms with Gasteiger partial charge in [-0.1, -0.05) is 5.16 Å². The lowest BCUT2D eigenvalue weighted by molar-refractivity contribution is -0.122. The molecule has 21 heavy (non-hydrogen) atoms. The highest BCUT2D eigenvalue weighted by Gasteiger charge is 2.28. The van der Waals surface area contributed by atoms with Crippen molar-refractivity contribution in [2.24, 2.45) is 0 Å². The van der Waals surface area contributed by atoms with E-state index in [1.54, 1.807) is 0 Å². The first-order valence-electron chi connectivity index (χ1n) is 7.70. The summed E-state index contributed by atoms with van der Waals surface area (Å²) in [6, 6.07) is 0. The largest absolute Gasteiger partial charge is 0.392 e. The van der Waals surface area contributed by atoms with Crippen molar-refractivity contribution in [2.75, 3.05) is 26.2 Å². The lowest BCUT2D eigenvalue weighted by Gasteiger charge is -2.29. The minimum absolute atomic E-state index is 0.0222. The second-order valence-electron chi connectivity index (χ2n) is 5.95. The highest BCUT2D eigenvalue weighted by molar-refractivity contribution is 5.78. The number of aliphatic hydroxyl groups is 1. The molecule has 1 aromatic heterocycles. The van der Waals surface area contributed by atoms with Gasteiger partial charge in [-0.05, 0) is 32.2 Å². The predicted octanol–water partition coefficient (Wildman–Crippen LogP) is 0.0624. The number of hydrogen-bond acceptors (Lipinski definition) is 6. The van der Waals surface area contributed by atoms with Gasteiger partial charge in [0, 0.05) is 25.4 Å². The van der Waals surface area contributed by atoms with Gasteiger partial charge in [0.1, 0.15) is 0 Å². The Morgan fingerprint density at radius 1 is 1.43 bits per heavy atom. The Morgan fingerprint density at radius 3 is 3.05 bits per heavy atom. The molecule has 0 aromatic carbocycles. The number of carbonyl (C=O) groups excluding carboxylic acids is 1. The van der Waals surface area contributed by atoms with Crippen LogP contribution in [0.15, 0.2) is 4.52 Å². The molecule has 0 bridgehead atoms. The first kappa shape index (κ1) is 14.5. The summed E-state index contributed by atoms with van der Waals surface area (Å²) in [4.78, 5) is 18.1. The van der Waals surface area contributed by atoms with Gasteiger partial charge >= 0.3 is 0 Å². The highest BCUT2D eigenvalue weighted by Crippen LogP contribution is 2.38. The molecule has 0 spiro atoms. The van der Waals surface area contributed by atoms with Crippen molar-refractivity contribution in [1.82, 2.24) is 20.4 Å². The van der Waals surface area contributed by atoms with Crippen molar-refractivity contribution >= 4 is 5.91 Å². The van der Waals surface area contributed by atoms with Crippen molar-refractivity contribution in [3.8, 4) is 0 Å². The summed E-state index contributed by atoms with van der Waals surface area (Å²) in [6.45, 7) is 2.30. The summed E-state index contributed by atoms with van der Waals surface area (Å²) in [5.41, 5.74) is 0. The standard InChI is InChI=1S/C14H22N4O3/c19-11-2-1-7-18(8-11)9-12(20)15-6-5-13-16-14(17-21-13)10-3-4-10/h10-11,19H,1-9H2,(H,15,20)/t11-/m0/s1. The number of carbonyl (C=O) groups is 1. The van der Waals surface area contributed by atoms with Gasteiger partial charge in [0.05, 0.1) is 12.6 Å². The van der Waals surface area contributed by atoms with Crippen LogP contribution in [0.25, 0.3) is 0 Å². The molecule has 0 radical (unpaired) electrons. The summed E-state index contributed by atoms with van der Waals surface area (Å²) in [5, 5.41) is 16.4. The lowest BCUT2D eigenvalue weighted by Crippen LogP contribution is -2.44. The van der Waals surface area contributed by atoms with Crippen LogP contribution in [-0.4, -0.2) is 58.3 Å². The third-order valence-corrected chi connectivity index (χ3v) is 3.94. The van der Waals surface area contributed by atoms with Gasteiger partial charge in [-0.2, -0.15) is 4.98 Å². The van der Waals surface area contributed by atoms with Gasteiger partial charge in [0.15, 0.2) is 5.82 Å². The maximum absolute atomic E-state index is 11.8. The van der Waals surface area contributed by atoms with Gasteiger partial charge in [0.2, 0.25) is 11.8 Å². The minimum atomic E-state index is -0.300. The molecule has 1 amide bonds. The minimum Gasteiger partial charge on any atom is -0.392 e. The number of β-amino-alcohol motifs (C(OH)–C–C–N with tert-alkyl or cyclic N) is 1. The fraction of sp³-hybridized carbons (Fsp3) is 0.786. The zero-order chi connectivity index (χ0) is 14.7. The number of aromatic nitrogens is 2. The molecule has 0 unspecified atom stereocenters. The van der Waals surface area contributed by atoms with Crippen LogP contribution in [0.4, 0.5) is 0 Å². The fourth-order valence-electron chi connectivity index (χ4n) is 2.62. The van der Waals surface area contributed by atoms with Crippen LogP contribution < -0.4 is 5.32 Å². The molecule has 7 heteroatoms. The smallest absolute Gasteiger partial charge is 0.234 e. The Hall–Kier alpha value is -1.47. The molecule has 7 nitrogen and oxygen atoms in total. The number of nitrogens with one attached hydrogen (secondary N) is 1. The van der Waals surface area contributed by atoms with Gasteiger partial charge in [-0.3, -0.25) is 9.69 Å². The topological polar surface area (TPSA) is 91.5 Å². The zero-order valence-electron chi connectivity index (χ0n) is 12.1. The maximum atomic E-state index is 11.8. The van der Waals surface area contributed by atoms with Crippen LogP contribution in [0.3, 0.4) is 0 Å². The van der Waals surface area contributed by atoms with Crippen LogP contribution in [0.5, 0.6) is 0 Å². The Kier molecular flexibility index (Phi) is 4.50. The van der Waals surface area contributed by atoms with Gasteiger partial charge in [-0.15, -0.1) is 0 Å². The van der Waals surface area contributed by atoms with Crippen LogP contribution >= 0.6 is 0 Å². The van der Waals surface area contributed by atoms with E-state index in [0.29, 0.717) is 37.9 Å². The van der Waals surface area contributed by atoms with Crippen LogP contribution in [0.1, 0.15) is 43.3 Å². The van der Waals surface area contributed by atoms with E-state index in [0.717, 1.165) is 38.1 Å². The maximum Gasteiger partial charge on any atom is 0.234 e.